The number of carbonyl (C=O) groups is 1. The summed E-state index contributed by atoms with van der Waals surface area (Å²) in [6.45, 7) is 3.42. The second-order valence-electron chi connectivity index (χ2n) is 4.72. The molecule has 1 rings (SSSR count). The molecular formula is C11H18N4O4S. The molecule has 3 N–H and O–H groups in total. The van der Waals surface area contributed by atoms with Crippen molar-refractivity contribution in [1.82, 2.24) is 20.1 Å². The monoisotopic (exact) mass is 302 g/mol. The second-order valence-corrected chi connectivity index (χ2v) is 6.12. The van der Waals surface area contributed by atoms with E-state index in [9.17, 15) is 19.5 Å². The largest absolute Gasteiger partial charge is 0.480 e. The van der Waals surface area contributed by atoms with Crippen LogP contribution in [0.4, 0.5) is 0 Å². The lowest BCUT2D eigenvalue weighted by Crippen LogP contribution is -2.49. The van der Waals surface area contributed by atoms with Gasteiger partial charge in [-0.15, -0.1) is 0 Å². The summed E-state index contributed by atoms with van der Waals surface area (Å²) < 4.78 is 1.35. The van der Waals surface area contributed by atoms with Crippen LogP contribution in [-0.4, -0.2) is 43.7 Å². The molecule has 9 heteroatoms. The van der Waals surface area contributed by atoms with Crippen LogP contribution in [0.5, 0.6) is 0 Å². The number of thioether (sulfide) groups is 1. The lowest BCUT2D eigenvalue weighted by atomic mass is 9.97. The summed E-state index contributed by atoms with van der Waals surface area (Å²) in [4.78, 5) is 37.2. The van der Waals surface area contributed by atoms with Crippen LogP contribution < -0.4 is 16.4 Å². The number of aromatic amines is 1. The van der Waals surface area contributed by atoms with Gasteiger partial charge in [-0.25, -0.2) is 0 Å². The minimum Gasteiger partial charge on any atom is -0.480 e. The van der Waals surface area contributed by atoms with Gasteiger partial charge in [0.15, 0.2) is 5.16 Å². The van der Waals surface area contributed by atoms with E-state index in [1.54, 1.807) is 21.0 Å². The number of aryl methyl sites for hydroxylation is 1. The van der Waals surface area contributed by atoms with Crippen LogP contribution >= 0.6 is 11.8 Å². The standard InChI is InChI=1S/C11H18N4O4S/c1-6(5-11(2,12-3)9(18)19)20-10-13-7(16)8(17)14-15(10)4/h6,12H,5H2,1-4H3,(H,14,17)(H,18,19). The van der Waals surface area contributed by atoms with Crippen molar-refractivity contribution < 1.29 is 9.90 Å². The maximum Gasteiger partial charge on any atom is 0.339 e. The second kappa shape index (κ2) is 6.23. The molecule has 0 bridgehead atoms. The van der Waals surface area contributed by atoms with Crippen LogP contribution in [0.15, 0.2) is 14.7 Å². The molecule has 0 amide bonds. The number of hydrogen-bond donors (Lipinski definition) is 3. The van der Waals surface area contributed by atoms with E-state index in [0.29, 0.717) is 11.6 Å². The molecule has 0 fully saturated rings. The van der Waals surface area contributed by atoms with Crippen molar-refractivity contribution in [2.45, 2.75) is 36.2 Å². The van der Waals surface area contributed by atoms with Gasteiger partial charge in [0.25, 0.3) is 0 Å². The van der Waals surface area contributed by atoms with Gasteiger partial charge in [0.05, 0.1) is 0 Å². The molecule has 8 nitrogen and oxygen atoms in total. The van der Waals surface area contributed by atoms with Gasteiger partial charge in [0.2, 0.25) is 0 Å². The maximum atomic E-state index is 11.2. The summed E-state index contributed by atoms with van der Waals surface area (Å²) in [7, 11) is 3.15. The predicted molar refractivity (Wildman–Crippen MR) is 75.1 cm³/mol. The molecule has 0 aliphatic rings. The highest BCUT2D eigenvalue weighted by Crippen LogP contribution is 2.26. The third-order valence-electron chi connectivity index (χ3n) is 2.97. The summed E-state index contributed by atoms with van der Waals surface area (Å²) in [5.74, 6) is -0.948. The number of aromatic nitrogens is 3. The molecule has 2 atom stereocenters. The van der Waals surface area contributed by atoms with Crippen LogP contribution in [-0.2, 0) is 11.8 Å². The fourth-order valence-electron chi connectivity index (χ4n) is 1.66. The molecule has 1 aromatic heterocycles. The van der Waals surface area contributed by atoms with E-state index in [1.807, 2.05) is 6.92 Å². The van der Waals surface area contributed by atoms with Crippen molar-refractivity contribution in [3.63, 3.8) is 0 Å². The SMILES string of the molecule is CNC(C)(CC(C)Sc1nc(=O)c(=O)[nH]n1C)C(=O)O. The summed E-state index contributed by atoms with van der Waals surface area (Å²) in [5.41, 5.74) is -2.70. The Bertz CT molecular complexity index is 611. The molecule has 0 saturated heterocycles. The zero-order valence-corrected chi connectivity index (χ0v) is 12.6. The van der Waals surface area contributed by atoms with E-state index >= 15 is 0 Å². The minimum absolute atomic E-state index is 0.118. The number of nitrogens with one attached hydrogen (secondary N) is 2. The first-order valence-corrected chi connectivity index (χ1v) is 6.84. The van der Waals surface area contributed by atoms with Gasteiger partial charge in [-0.05, 0) is 20.4 Å². The van der Waals surface area contributed by atoms with E-state index in [4.69, 9.17) is 0 Å². The van der Waals surface area contributed by atoms with Crippen molar-refractivity contribution in [2.24, 2.45) is 7.05 Å². The van der Waals surface area contributed by atoms with E-state index < -0.39 is 22.6 Å². The Morgan fingerprint density at radius 3 is 2.70 bits per heavy atom. The minimum atomic E-state index is -1.06. The van der Waals surface area contributed by atoms with E-state index in [0.717, 1.165) is 0 Å². The van der Waals surface area contributed by atoms with Gasteiger partial charge in [-0.3, -0.25) is 24.2 Å². The summed E-state index contributed by atoms with van der Waals surface area (Å²) in [5, 5.41) is 14.5. The molecule has 0 aliphatic carbocycles. The van der Waals surface area contributed by atoms with Gasteiger partial charge < -0.3 is 10.4 Å². The molecule has 0 aliphatic heterocycles. The quantitative estimate of drug-likeness (QED) is 0.474. The summed E-state index contributed by atoms with van der Waals surface area (Å²) in [6.07, 6.45) is 0.332. The Kier molecular flexibility index (Phi) is 5.12. The average Bonchev–Trinajstić information content (AvgIpc) is 2.35. The number of rotatable bonds is 6. The zero-order valence-electron chi connectivity index (χ0n) is 11.8. The van der Waals surface area contributed by atoms with Gasteiger partial charge in [0.1, 0.15) is 5.54 Å². The number of likely N-dealkylation sites (N-methyl/N-ethyl adjacent to an activating group) is 1. The fourth-order valence-corrected chi connectivity index (χ4v) is 2.77. The highest BCUT2D eigenvalue weighted by atomic mass is 32.2. The Labute approximate surface area is 119 Å². The van der Waals surface area contributed by atoms with Gasteiger partial charge in [-0.1, -0.05) is 18.7 Å². The number of H-pyrrole nitrogens is 1. The fraction of sp³-hybridized carbons (Fsp3) is 0.636. The average molecular weight is 302 g/mol. The highest BCUT2D eigenvalue weighted by molar-refractivity contribution is 7.99. The first kappa shape index (κ1) is 16.4. The summed E-state index contributed by atoms with van der Waals surface area (Å²) in [6, 6.07) is 0. The third kappa shape index (κ3) is 3.70. The number of hydrogen-bond acceptors (Lipinski definition) is 6. The molecule has 1 aromatic rings. The molecule has 0 aromatic carbocycles. The maximum absolute atomic E-state index is 11.2. The molecule has 2 unspecified atom stereocenters. The summed E-state index contributed by atoms with van der Waals surface area (Å²) >= 11 is 1.23. The van der Waals surface area contributed by atoms with E-state index in [1.165, 1.54) is 16.4 Å². The van der Waals surface area contributed by atoms with Gasteiger partial charge >= 0.3 is 17.1 Å². The normalized spacial score (nSPS) is 15.6. The van der Waals surface area contributed by atoms with Crippen LogP contribution in [0.2, 0.25) is 0 Å². The van der Waals surface area contributed by atoms with E-state index in [2.05, 4.69) is 15.4 Å². The van der Waals surface area contributed by atoms with Crippen molar-refractivity contribution in [3.8, 4) is 0 Å². The number of aliphatic carboxylic acids is 1. The van der Waals surface area contributed by atoms with Gasteiger partial charge in [0, 0.05) is 12.3 Å². The number of nitrogens with zero attached hydrogens (tertiary/aromatic N) is 2. The van der Waals surface area contributed by atoms with Crippen molar-refractivity contribution in [1.29, 1.82) is 0 Å². The van der Waals surface area contributed by atoms with Gasteiger partial charge in [-0.2, -0.15) is 4.98 Å². The number of carboxylic acids is 1. The van der Waals surface area contributed by atoms with Crippen LogP contribution in [0.3, 0.4) is 0 Å². The molecule has 20 heavy (non-hydrogen) atoms. The van der Waals surface area contributed by atoms with E-state index in [-0.39, 0.29) is 5.25 Å². The lowest BCUT2D eigenvalue weighted by molar-refractivity contribution is -0.144. The Hall–Kier alpha value is -1.61. The predicted octanol–water partition coefficient (Wildman–Crippen LogP) is -0.598. The molecule has 0 radical (unpaired) electrons. The van der Waals surface area contributed by atoms with Crippen molar-refractivity contribution in [3.05, 3.63) is 20.7 Å². The van der Waals surface area contributed by atoms with Crippen LogP contribution in [0, 0.1) is 0 Å². The Morgan fingerprint density at radius 2 is 2.20 bits per heavy atom. The molecule has 1 heterocycles. The smallest absolute Gasteiger partial charge is 0.339 e. The van der Waals surface area contributed by atoms with Crippen LogP contribution in [0.25, 0.3) is 0 Å². The van der Waals surface area contributed by atoms with Crippen LogP contribution in [0.1, 0.15) is 20.3 Å². The zero-order chi connectivity index (χ0) is 15.5. The first-order valence-electron chi connectivity index (χ1n) is 5.96. The third-order valence-corrected chi connectivity index (χ3v) is 4.12. The Balaban J connectivity index is 2.89. The van der Waals surface area contributed by atoms with Crippen molar-refractivity contribution >= 4 is 17.7 Å². The molecule has 0 spiro atoms. The highest BCUT2D eigenvalue weighted by Gasteiger charge is 2.33. The molecule has 0 saturated carbocycles. The molecule has 112 valence electrons. The lowest BCUT2D eigenvalue weighted by Gasteiger charge is -2.27. The Morgan fingerprint density at radius 1 is 1.60 bits per heavy atom. The molecular weight excluding hydrogens is 284 g/mol. The first-order chi connectivity index (χ1) is 9.19. The van der Waals surface area contributed by atoms with Crippen molar-refractivity contribution in [2.75, 3.05) is 7.05 Å². The number of carboxylic acid groups (broad SMARTS) is 1. The topological polar surface area (TPSA) is 117 Å².